The third-order valence-electron chi connectivity index (χ3n) is 2.62. The van der Waals surface area contributed by atoms with E-state index < -0.39 is 5.41 Å². The average molecular weight is 238 g/mol. The molecule has 5 heteroatoms. The van der Waals surface area contributed by atoms with E-state index in [-0.39, 0.29) is 18.1 Å². The highest BCUT2D eigenvalue weighted by molar-refractivity contribution is 5.75. The van der Waals surface area contributed by atoms with Gasteiger partial charge in [0.25, 0.3) is 5.56 Å². The Hall–Kier alpha value is -1.65. The third kappa shape index (κ3) is 2.93. The quantitative estimate of drug-likeness (QED) is 0.739. The highest BCUT2D eigenvalue weighted by atomic mass is 16.5. The lowest BCUT2D eigenvalue weighted by molar-refractivity contribution is -0.151. The second-order valence-corrected chi connectivity index (χ2v) is 4.74. The Labute approximate surface area is 100 Å². The van der Waals surface area contributed by atoms with Crippen LogP contribution >= 0.6 is 0 Å². The van der Waals surface area contributed by atoms with Gasteiger partial charge >= 0.3 is 5.97 Å². The maximum absolute atomic E-state index is 11.8. The second-order valence-electron chi connectivity index (χ2n) is 4.74. The molecule has 17 heavy (non-hydrogen) atoms. The molecule has 0 spiro atoms. The lowest BCUT2D eigenvalue weighted by Gasteiger charge is -2.23. The number of esters is 1. The van der Waals surface area contributed by atoms with Gasteiger partial charge in [-0.05, 0) is 27.7 Å². The summed E-state index contributed by atoms with van der Waals surface area (Å²) in [6.07, 6.45) is 0. The number of methoxy groups -OCH3 is 1. The number of hydrogen-bond donors (Lipinski definition) is 0. The number of ether oxygens (including phenoxy) is 1. The van der Waals surface area contributed by atoms with Gasteiger partial charge in [-0.3, -0.25) is 14.2 Å². The van der Waals surface area contributed by atoms with Crippen molar-refractivity contribution >= 4 is 5.97 Å². The number of hydrogen-bond acceptors (Lipinski definition) is 4. The van der Waals surface area contributed by atoms with Gasteiger partial charge in [-0.2, -0.15) is 0 Å². The number of nitrogens with zero attached hydrogens (tertiary/aromatic N) is 2. The zero-order chi connectivity index (χ0) is 13.2. The topological polar surface area (TPSA) is 61.2 Å². The van der Waals surface area contributed by atoms with Crippen molar-refractivity contribution in [1.82, 2.24) is 9.55 Å². The summed E-state index contributed by atoms with van der Waals surface area (Å²) in [7, 11) is 1.34. The summed E-state index contributed by atoms with van der Waals surface area (Å²) in [5, 5.41) is 0. The first-order valence-electron chi connectivity index (χ1n) is 5.41. The molecule has 1 aromatic rings. The van der Waals surface area contributed by atoms with Crippen molar-refractivity contribution in [2.24, 2.45) is 5.41 Å². The Balaban J connectivity index is 3.12. The normalized spacial score (nSPS) is 11.4. The minimum atomic E-state index is -0.750. The van der Waals surface area contributed by atoms with E-state index in [0.717, 1.165) is 0 Å². The van der Waals surface area contributed by atoms with Crippen molar-refractivity contribution in [3.8, 4) is 0 Å². The van der Waals surface area contributed by atoms with E-state index in [4.69, 9.17) is 4.74 Å². The van der Waals surface area contributed by atoms with Crippen LogP contribution in [0.5, 0.6) is 0 Å². The van der Waals surface area contributed by atoms with E-state index in [1.807, 2.05) is 0 Å². The Kier molecular flexibility index (Phi) is 3.70. The van der Waals surface area contributed by atoms with Crippen molar-refractivity contribution in [3.63, 3.8) is 0 Å². The molecular formula is C12H18N2O3. The number of carbonyl (C=O) groups is 1. The van der Waals surface area contributed by atoms with Gasteiger partial charge in [0, 0.05) is 18.3 Å². The van der Waals surface area contributed by atoms with Gasteiger partial charge in [0.2, 0.25) is 0 Å². The first kappa shape index (κ1) is 13.4. The highest BCUT2D eigenvalue weighted by Gasteiger charge is 2.30. The molecule has 0 saturated carbocycles. The van der Waals surface area contributed by atoms with Crippen molar-refractivity contribution < 1.29 is 9.53 Å². The third-order valence-corrected chi connectivity index (χ3v) is 2.62. The molecule has 0 saturated heterocycles. The Bertz CT molecular complexity index is 489. The summed E-state index contributed by atoms with van der Waals surface area (Å²) >= 11 is 0. The standard InChI is InChI=1S/C12H18N2O3/c1-8-6-10(15)14(9(2)13-8)7-12(3,4)11(16)17-5/h6H,7H2,1-5H3. The monoisotopic (exact) mass is 238 g/mol. The fourth-order valence-corrected chi connectivity index (χ4v) is 1.69. The maximum Gasteiger partial charge on any atom is 0.313 e. The van der Waals surface area contributed by atoms with Crippen LogP contribution in [0.25, 0.3) is 0 Å². The van der Waals surface area contributed by atoms with E-state index in [1.165, 1.54) is 17.7 Å². The predicted octanol–water partition coefficient (Wildman–Crippen LogP) is 1.06. The fourth-order valence-electron chi connectivity index (χ4n) is 1.69. The molecule has 1 rings (SSSR count). The Morgan fingerprint density at radius 3 is 2.53 bits per heavy atom. The SMILES string of the molecule is COC(=O)C(C)(C)Cn1c(C)nc(C)cc1=O. The average Bonchev–Trinajstić information content (AvgIpc) is 2.22. The fraction of sp³-hybridized carbons (Fsp3) is 0.583. The number of aryl methyl sites for hydroxylation is 2. The second kappa shape index (κ2) is 4.69. The van der Waals surface area contributed by atoms with Crippen LogP contribution in [-0.2, 0) is 16.1 Å². The van der Waals surface area contributed by atoms with Gasteiger partial charge < -0.3 is 4.74 Å². The number of rotatable bonds is 3. The van der Waals surface area contributed by atoms with Crippen LogP contribution in [0, 0.1) is 19.3 Å². The van der Waals surface area contributed by atoms with Crippen molar-refractivity contribution in [2.45, 2.75) is 34.2 Å². The summed E-state index contributed by atoms with van der Waals surface area (Å²) < 4.78 is 6.21. The van der Waals surface area contributed by atoms with Gasteiger partial charge in [-0.15, -0.1) is 0 Å². The molecule has 5 nitrogen and oxygen atoms in total. The minimum absolute atomic E-state index is 0.146. The molecule has 0 radical (unpaired) electrons. The molecule has 94 valence electrons. The van der Waals surface area contributed by atoms with Gasteiger partial charge in [-0.1, -0.05) is 0 Å². The molecular weight excluding hydrogens is 220 g/mol. The molecule has 0 aromatic carbocycles. The smallest absolute Gasteiger partial charge is 0.313 e. The van der Waals surface area contributed by atoms with E-state index in [1.54, 1.807) is 27.7 Å². The molecule has 0 bridgehead atoms. The molecule has 0 aliphatic carbocycles. The van der Waals surface area contributed by atoms with E-state index in [2.05, 4.69) is 4.98 Å². The zero-order valence-corrected chi connectivity index (χ0v) is 10.9. The molecule has 0 unspecified atom stereocenters. The summed E-state index contributed by atoms with van der Waals surface area (Å²) in [6.45, 7) is 7.26. The molecule has 1 heterocycles. The van der Waals surface area contributed by atoms with E-state index >= 15 is 0 Å². The number of carbonyl (C=O) groups excluding carboxylic acids is 1. The van der Waals surface area contributed by atoms with Crippen LogP contribution in [-0.4, -0.2) is 22.6 Å². The summed E-state index contributed by atoms with van der Waals surface area (Å²) in [5.74, 6) is 0.261. The minimum Gasteiger partial charge on any atom is -0.469 e. The summed E-state index contributed by atoms with van der Waals surface area (Å²) in [4.78, 5) is 27.6. The number of aromatic nitrogens is 2. The van der Waals surface area contributed by atoms with Crippen LogP contribution in [0.15, 0.2) is 10.9 Å². The summed E-state index contributed by atoms with van der Waals surface area (Å²) in [6, 6.07) is 1.46. The van der Waals surface area contributed by atoms with Gasteiger partial charge in [-0.25, -0.2) is 4.98 Å². The highest BCUT2D eigenvalue weighted by Crippen LogP contribution is 2.19. The Morgan fingerprint density at radius 2 is 2.06 bits per heavy atom. The lowest BCUT2D eigenvalue weighted by atomic mass is 9.93. The largest absolute Gasteiger partial charge is 0.469 e. The van der Waals surface area contributed by atoms with Crippen LogP contribution in [0.4, 0.5) is 0 Å². The molecule has 0 aliphatic rings. The molecule has 0 fully saturated rings. The Morgan fingerprint density at radius 1 is 1.47 bits per heavy atom. The van der Waals surface area contributed by atoms with Crippen LogP contribution < -0.4 is 5.56 Å². The lowest BCUT2D eigenvalue weighted by Crippen LogP contribution is -2.36. The molecule has 0 atom stereocenters. The van der Waals surface area contributed by atoms with Gasteiger partial charge in [0.05, 0.1) is 12.5 Å². The van der Waals surface area contributed by atoms with Gasteiger partial charge in [0.15, 0.2) is 0 Å². The molecule has 0 aliphatic heterocycles. The molecule has 0 amide bonds. The maximum atomic E-state index is 11.8. The van der Waals surface area contributed by atoms with Crippen molar-refractivity contribution in [3.05, 3.63) is 27.9 Å². The molecule has 1 aromatic heterocycles. The first-order chi connectivity index (χ1) is 7.77. The summed E-state index contributed by atoms with van der Waals surface area (Å²) in [5.41, 5.74) is -0.216. The van der Waals surface area contributed by atoms with E-state index in [9.17, 15) is 9.59 Å². The first-order valence-corrected chi connectivity index (χ1v) is 5.41. The predicted molar refractivity (Wildman–Crippen MR) is 63.8 cm³/mol. The van der Waals surface area contributed by atoms with Crippen LogP contribution in [0.2, 0.25) is 0 Å². The van der Waals surface area contributed by atoms with Gasteiger partial charge in [0.1, 0.15) is 5.82 Å². The van der Waals surface area contributed by atoms with Crippen LogP contribution in [0.1, 0.15) is 25.4 Å². The van der Waals surface area contributed by atoms with Crippen molar-refractivity contribution in [2.75, 3.05) is 7.11 Å². The zero-order valence-electron chi connectivity index (χ0n) is 10.9. The molecule has 0 N–H and O–H groups in total. The van der Waals surface area contributed by atoms with Crippen LogP contribution in [0.3, 0.4) is 0 Å². The van der Waals surface area contributed by atoms with E-state index in [0.29, 0.717) is 11.5 Å². The van der Waals surface area contributed by atoms with Crippen molar-refractivity contribution in [1.29, 1.82) is 0 Å².